The van der Waals surface area contributed by atoms with Gasteiger partial charge < -0.3 is 23.8 Å². The number of carbonyl (C=O) groups excluding carboxylic acids is 2. The molecule has 3 atom stereocenters. The average Bonchev–Trinajstić information content (AvgIpc) is 3.04. The van der Waals surface area contributed by atoms with Gasteiger partial charge >= 0.3 is 17.6 Å². The SMILES string of the molecule is CC(=O)OCC1OC(n2cc(C)c(N3CCOCC3)nc2=O)CC1OC(C)=O. The van der Waals surface area contributed by atoms with Crippen LogP contribution in [-0.2, 0) is 28.5 Å². The van der Waals surface area contributed by atoms with Crippen LogP contribution in [0.15, 0.2) is 11.0 Å². The molecule has 0 N–H and O–H groups in total. The molecule has 0 aliphatic carbocycles. The van der Waals surface area contributed by atoms with Crippen molar-refractivity contribution in [3.05, 3.63) is 22.2 Å². The minimum Gasteiger partial charge on any atom is -0.463 e. The molecule has 10 nitrogen and oxygen atoms in total. The molecule has 1 aromatic heterocycles. The summed E-state index contributed by atoms with van der Waals surface area (Å²) in [5.74, 6) is -0.292. The average molecular weight is 395 g/mol. The Kier molecular flexibility index (Phi) is 6.30. The van der Waals surface area contributed by atoms with E-state index in [0.717, 1.165) is 5.56 Å². The lowest BCUT2D eigenvalue weighted by molar-refractivity contribution is -0.155. The molecule has 3 unspecified atom stereocenters. The normalized spacial score (nSPS) is 24.8. The predicted octanol–water partition coefficient (Wildman–Crippen LogP) is 0.171. The maximum Gasteiger partial charge on any atom is 0.351 e. The van der Waals surface area contributed by atoms with Gasteiger partial charge in [-0.05, 0) is 6.92 Å². The third kappa shape index (κ3) is 4.68. The number of nitrogens with zero attached hydrogens (tertiary/aromatic N) is 3. The van der Waals surface area contributed by atoms with E-state index in [0.29, 0.717) is 32.1 Å². The quantitative estimate of drug-likeness (QED) is 0.645. The number of ether oxygens (including phenoxy) is 4. The van der Waals surface area contributed by atoms with Gasteiger partial charge in [0.15, 0.2) is 0 Å². The highest BCUT2D eigenvalue weighted by Gasteiger charge is 2.40. The Bertz CT molecular complexity index is 788. The van der Waals surface area contributed by atoms with Crippen LogP contribution in [0.25, 0.3) is 0 Å². The Balaban J connectivity index is 1.80. The molecule has 0 radical (unpaired) electrons. The van der Waals surface area contributed by atoms with E-state index in [1.807, 2.05) is 11.8 Å². The van der Waals surface area contributed by atoms with E-state index in [1.165, 1.54) is 18.4 Å². The van der Waals surface area contributed by atoms with Crippen molar-refractivity contribution in [3.8, 4) is 0 Å². The summed E-state index contributed by atoms with van der Waals surface area (Å²) in [5, 5.41) is 0. The van der Waals surface area contributed by atoms with Gasteiger partial charge in [0.1, 0.15) is 30.9 Å². The monoisotopic (exact) mass is 395 g/mol. The maximum atomic E-state index is 12.6. The molecule has 2 fully saturated rings. The van der Waals surface area contributed by atoms with Gasteiger partial charge in [-0.2, -0.15) is 4.98 Å². The molecule has 0 saturated carbocycles. The number of morpholine rings is 1. The molecule has 2 aliphatic rings. The number of esters is 2. The summed E-state index contributed by atoms with van der Waals surface area (Å²) >= 11 is 0. The number of aromatic nitrogens is 2. The van der Waals surface area contributed by atoms with E-state index in [4.69, 9.17) is 18.9 Å². The summed E-state index contributed by atoms with van der Waals surface area (Å²) in [6, 6.07) is 0. The van der Waals surface area contributed by atoms with Crippen molar-refractivity contribution in [1.82, 2.24) is 9.55 Å². The van der Waals surface area contributed by atoms with Crippen LogP contribution in [0.4, 0.5) is 5.82 Å². The topological polar surface area (TPSA) is 109 Å². The van der Waals surface area contributed by atoms with Crippen molar-refractivity contribution in [2.45, 2.75) is 45.6 Å². The Labute approximate surface area is 162 Å². The highest BCUT2D eigenvalue weighted by Crippen LogP contribution is 2.31. The highest BCUT2D eigenvalue weighted by atomic mass is 16.6. The molecule has 0 spiro atoms. The Morgan fingerprint density at radius 1 is 1.25 bits per heavy atom. The molecule has 0 aromatic carbocycles. The third-order valence-corrected chi connectivity index (χ3v) is 4.68. The Morgan fingerprint density at radius 2 is 1.96 bits per heavy atom. The molecule has 0 amide bonds. The third-order valence-electron chi connectivity index (χ3n) is 4.68. The molecule has 2 saturated heterocycles. The number of carbonyl (C=O) groups is 2. The molecule has 3 rings (SSSR count). The fourth-order valence-corrected chi connectivity index (χ4v) is 3.42. The van der Waals surface area contributed by atoms with Gasteiger partial charge in [-0.3, -0.25) is 14.2 Å². The summed E-state index contributed by atoms with van der Waals surface area (Å²) < 4.78 is 22.9. The van der Waals surface area contributed by atoms with E-state index < -0.39 is 36.1 Å². The zero-order valence-corrected chi connectivity index (χ0v) is 16.3. The summed E-state index contributed by atoms with van der Waals surface area (Å²) in [6.45, 7) is 6.95. The van der Waals surface area contributed by atoms with Gasteiger partial charge in [-0.25, -0.2) is 4.79 Å². The second kappa shape index (κ2) is 8.70. The van der Waals surface area contributed by atoms with Crippen LogP contribution in [0.3, 0.4) is 0 Å². The second-order valence-corrected chi connectivity index (χ2v) is 6.85. The molecule has 154 valence electrons. The Morgan fingerprint density at radius 3 is 2.61 bits per heavy atom. The number of rotatable bonds is 5. The van der Waals surface area contributed by atoms with Crippen LogP contribution in [0, 0.1) is 6.92 Å². The van der Waals surface area contributed by atoms with Gasteiger partial charge in [-0.1, -0.05) is 0 Å². The lowest BCUT2D eigenvalue weighted by Crippen LogP contribution is -2.39. The molecule has 1 aromatic rings. The molecular weight excluding hydrogens is 370 g/mol. The predicted molar refractivity (Wildman–Crippen MR) is 97.0 cm³/mol. The highest BCUT2D eigenvalue weighted by molar-refractivity contribution is 5.66. The Hall–Kier alpha value is -2.46. The fourth-order valence-electron chi connectivity index (χ4n) is 3.42. The first-order valence-electron chi connectivity index (χ1n) is 9.23. The van der Waals surface area contributed by atoms with E-state index in [9.17, 15) is 14.4 Å². The van der Waals surface area contributed by atoms with Gasteiger partial charge in [-0.15, -0.1) is 0 Å². The zero-order valence-electron chi connectivity index (χ0n) is 16.3. The first kappa shape index (κ1) is 20.3. The number of hydrogen-bond acceptors (Lipinski definition) is 9. The van der Waals surface area contributed by atoms with E-state index in [-0.39, 0.29) is 13.0 Å². The lowest BCUT2D eigenvalue weighted by atomic mass is 10.2. The number of anilines is 1. The van der Waals surface area contributed by atoms with Gasteiger partial charge in [0.05, 0.1) is 13.2 Å². The van der Waals surface area contributed by atoms with Gasteiger partial charge in [0.25, 0.3) is 0 Å². The van der Waals surface area contributed by atoms with E-state index in [1.54, 1.807) is 6.20 Å². The molecular formula is C18H25N3O7. The van der Waals surface area contributed by atoms with Gasteiger partial charge in [0.2, 0.25) is 0 Å². The second-order valence-electron chi connectivity index (χ2n) is 6.85. The van der Waals surface area contributed by atoms with Crippen molar-refractivity contribution in [2.24, 2.45) is 0 Å². The smallest absolute Gasteiger partial charge is 0.351 e. The number of aryl methyl sites for hydroxylation is 1. The van der Waals surface area contributed by atoms with Crippen LogP contribution in [-0.4, -0.2) is 66.6 Å². The van der Waals surface area contributed by atoms with Crippen LogP contribution in [0.1, 0.15) is 32.1 Å². The van der Waals surface area contributed by atoms with Gasteiger partial charge in [0, 0.05) is 45.1 Å². The van der Waals surface area contributed by atoms with Crippen molar-refractivity contribution >= 4 is 17.8 Å². The summed E-state index contributed by atoms with van der Waals surface area (Å²) in [7, 11) is 0. The fraction of sp³-hybridized carbons (Fsp3) is 0.667. The summed E-state index contributed by atoms with van der Waals surface area (Å²) in [5.41, 5.74) is 0.379. The van der Waals surface area contributed by atoms with Crippen molar-refractivity contribution in [3.63, 3.8) is 0 Å². The molecule has 3 heterocycles. The summed E-state index contributed by atoms with van der Waals surface area (Å²) in [6.07, 6.45) is 0.0343. The van der Waals surface area contributed by atoms with Crippen LogP contribution in [0.5, 0.6) is 0 Å². The van der Waals surface area contributed by atoms with Crippen LogP contribution < -0.4 is 10.6 Å². The first-order chi connectivity index (χ1) is 13.3. The lowest BCUT2D eigenvalue weighted by Gasteiger charge is -2.29. The standard InChI is InChI=1S/C18H25N3O7/c1-11-9-21(18(24)19-17(11)20-4-6-25-7-5-20)16-8-14(27-13(3)23)15(28-16)10-26-12(2)22/h9,14-16H,4-8,10H2,1-3H3. The van der Waals surface area contributed by atoms with Crippen LogP contribution in [0.2, 0.25) is 0 Å². The molecule has 2 aliphatic heterocycles. The summed E-state index contributed by atoms with van der Waals surface area (Å²) in [4.78, 5) is 41.4. The minimum absolute atomic E-state index is 0.0587. The first-order valence-corrected chi connectivity index (χ1v) is 9.23. The van der Waals surface area contributed by atoms with E-state index >= 15 is 0 Å². The molecule has 28 heavy (non-hydrogen) atoms. The largest absolute Gasteiger partial charge is 0.463 e. The molecule has 10 heteroatoms. The van der Waals surface area contributed by atoms with Crippen molar-refractivity contribution in [2.75, 3.05) is 37.8 Å². The molecule has 0 bridgehead atoms. The van der Waals surface area contributed by atoms with Crippen molar-refractivity contribution < 1.29 is 28.5 Å². The van der Waals surface area contributed by atoms with Crippen molar-refractivity contribution in [1.29, 1.82) is 0 Å². The minimum atomic E-state index is -0.664. The van der Waals surface area contributed by atoms with E-state index in [2.05, 4.69) is 4.98 Å². The van der Waals surface area contributed by atoms with Crippen LogP contribution >= 0.6 is 0 Å². The maximum absolute atomic E-state index is 12.6. The zero-order chi connectivity index (χ0) is 20.3. The number of hydrogen-bond donors (Lipinski definition) is 0.